The van der Waals surface area contributed by atoms with Crippen LogP contribution in [0.1, 0.15) is 19.3 Å². The van der Waals surface area contributed by atoms with E-state index in [4.69, 9.17) is 4.98 Å². The highest BCUT2D eigenvalue weighted by molar-refractivity contribution is 5.80. The lowest BCUT2D eigenvalue weighted by molar-refractivity contribution is -0.135. The summed E-state index contributed by atoms with van der Waals surface area (Å²) in [5, 5.41) is 0. The molecule has 0 radical (unpaired) electrons. The highest BCUT2D eigenvalue weighted by atomic mass is 16.2. The number of aromatic amines is 1. The van der Waals surface area contributed by atoms with Gasteiger partial charge in [-0.25, -0.2) is 9.97 Å². The number of amides is 1. The molecule has 156 valence electrons. The van der Waals surface area contributed by atoms with Crippen LogP contribution in [0.2, 0.25) is 0 Å². The van der Waals surface area contributed by atoms with E-state index in [1.165, 1.54) is 0 Å². The summed E-state index contributed by atoms with van der Waals surface area (Å²) in [4.78, 5) is 36.5. The van der Waals surface area contributed by atoms with Crippen LogP contribution >= 0.6 is 0 Å². The lowest BCUT2D eigenvalue weighted by atomic mass is 9.96. The number of hydrogen-bond acceptors (Lipinski definition) is 6. The van der Waals surface area contributed by atoms with E-state index in [2.05, 4.69) is 24.8 Å². The number of anilines is 2. The Morgan fingerprint density at radius 3 is 2.77 bits per heavy atom. The third-order valence-electron chi connectivity index (χ3n) is 6.13. The van der Waals surface area contributed by atoms with Crippen LogP contribution < -0.4 is 9.80 Å². The highest BCUT2D eigenvalue weighted by Crippen LogP contribution is 2.24. The number of hydrogen-bond donors (Lipinski definition) is 1. The summed E-state index contributed by atoms with van der Waals surface area (Å²) in [6, 6.07) is 8.09. The molecule has 5 rings (SSSR count). The third-order valence-corrected chi connectivity index (χ3v) is 6.13. The van der Waals surface area contributed by atoms with Gasteiger partial charge in [0.2, 0.25) is 11.9 Å². The van der Waals surface area contributed by atoms with Gasteiger partial charge in [-0.15, -0.1) is 0 Å². The molecule has 1 amide bonds. The van der Waals surface area contributed by atoms with Crippen LogP contribution in [0.5, 0.6) is 0 Å². The molecule has 1 aromatic carbocycles. The SMILES string of the molecule is O=C(C1CCCN(c2cnccn2)C1)N1CCCN(c2nc3ccccc3[nH]2)CC1. The van der Waals surface area contributed by atoms with Crippen molar-refractivity contribution >= 4 is 28.7 Å². The molecule has 1 N–H and O–H groups in total. The van der Waals surface area contributed by atoms with Crippen molar-refractivity contribution < 1.29 is 4.79 Å². The molecule has 4 heterocycles. The van der Waals surface area contributed by atoms with Gasteiger partial charge in [0.15, 0.2) is 0 Å². The van der Waals surface area contributed by atoms with Gasteiger partial charge in [-0.1, -0.05) is 12.1 Å². The summed E-state index contributed by atoms with van der Waals surface area (Å²) in [5.74, 6) is 2.06. The number of H-pyrrole nitrogens is 1. The number of carbonyl (C=O) groups is 1. The maximum absolute atomic E-state index is 13.3. The number of benzene rings is 1. The molecule has 0 saturated carbocycles. The molecule has 2 aliphatic rings. The second-order valence-electron chi connectivity index (χ2n) is 8.09. The molecule has 8 nitrogen and oxygen atoms in total. The summed E-state index contributed by atoms with van der Waals surface area (Å²) in [6.07, 6.45) is 8.07. The van der Waals surface area contributed by atoms with Crippen LogP contribution in [-0.2, 0) is 4.79 Å². The van der Waals surface area contributed by atoms with E-state index < -0.39 is 0 Å². The summed E-state index contributed by atoms with van der Waals surface area (Å²) in [6.45, 7) is 4.89. The molecule has 3 aromatic rings. The number of imidazole rings is 1. The minimum Gasteiger partial charge on any atom is -0.355 e. The van der Waals surface area contributed by atoms with E-state index in [0.29, 0.717) is 0 Å². The van der Waals surface area contributed by atoms with Crippen molar-refractivity contribution in [2.45, 2.75) is 19.3 Å². The molecule has 0 aliphatic carbocycles. The van der Waals surface area contributed by atoms with Crippen molar-refractivity contribution in [3.8, 4) is 0 Å². The zero-order valence-corrected chi connectivity index (χ0v) is 17.1. The third kappa shape index (κ3) is 3.81. The zero-order chi connectivity index (χ0) is 20.3. The number of fused-ring (bicyclic) bond motifs is 1. The largest absolute Gasteiger partial charge is 0.355 e. The van der Waals surface area contributed by atoms with E-state index in [1.54, 1.807) is 18.6 Å². The number of piperidine rings is 1. The normalized spacial score (nSPS) is 20.4. The van der Waals surface area contributed by atoms with Gasteiger partial charge >= 0.3 is 0 Å². The van der Waals surface area contributed by atoms with E-state index in [-0.39, 0.29) is 11.8 Å². The molecule has 1 atom stereocenters. The first kappa shape index (κ1) is 18.8. The summed E-state index contributed by atoms with van der Waals surface area (Å²) in [5.41, 5.74) is 2.03. The molecule has 2 fully saturated rings. The van der Waals surface area contributed by atoms with E-state index in [9.17, 15) is 4.79 Å². The topological polar surface area (TPSA) is 81.2 Å². The monoisotopic (exact) mass is 405 g/mol. The van der Waals surface area contributed by atoms with Crippen LogP contribution in [0.4, 0.5) is 11.8 Å². The predicted molar refractivity (Wildman–Crippen MR) is 116 cm³/mol. The van der Waals surface area contributed by atoms with Crippen LogP contribution in [0.25, 0.3) is 11.0 Å². The van der Waals surface area contributed by atoms with Gasteiger partial charge in [0.25, 0.3) is 0 Å². The summed E-state index contributed by atoms with van der Waals surface area (Å²) >= 11 is 0. The van der Waals surface area contributed by atoms with E-state index >= 15 is 0 Å². The van der Waals surface area contributed by atoms with Crippen molar-refractivity contribution in [3.63, 3.8) is 0 Å². The van der Waals surface area contributed by atoms with Gasteiger partial charge < -0.3 is 19.7 Å². The maximum atomic E-state index is 13.3. The Balaban J connectivity index is 1.23. The molecule has 0 bridgehead atoms. The summed E-state index contributed by atoms with van der Waals surface area (Å²) < 4.78 is 0. The molecular weight excluding hydrogens is 378 g/mol. The Bertz CT molecular complexity index is 972. The number of carbonyl (C=O) groups excluding carboxylic acids is 1. The second-order valence-corrected chi connectivity index (χ2v) is 8.09. The first-order chi connectivity index (χ1) is 14.8. The number of rotatable bonds is 3. The quantitative estimate of drug-likeness (QED) is 0.720. The van der Waals surface area contributed by atoms with Crippen LogP contribution in [-0.4, -0.2) is 70.0 Å². The zero-order valence-electron chi connectivity index (χ0n) is 17.1. The Hall–Kier alpha value is -3.16. The number of aromatic nitrogens is 4. The van der Waals surface area contributed by atoms with Gasteiger partial charge in [0.05, 0.1) is 23.1 Å². The maximum Gasteiger partial charge on any atom is 0.227 e. The Labute approximate surface area is 175 Å². The Kier molecular flexibility index (Phi) is 5.21. The van der Waals surface area contributed by atoms with Crippen molar-refractivity contribution in [2.24, 2.45) is 5.92 Å². The number of para-hydroxylation sites is 2. The number of nitrogens with one attached hydrogen (secondary N) is 1. The summed E-state index contributed by atoms with van der Waals surface area (Å²) in [7, 11) is 0. The lowest BCUT2D eigenvalue weighted by Crippen LogP contribution is -2.46. The van der Waals surface area contributed by atoms with E-state index in [1.807, 2.05) is 29.2 Å². The van der Waals surface area contributed by atoms with Crippen molar-refractivity contribution in [2.75, 3.05) is 49.1 Å². The average molecular weight is 406 g/mol. The molecule has 0 spiro atoms. The second kappa shape index (κ2) is 8.30. The van der Waals surface area contributed by atoms with Gasteiger partial charge in [0.1, 0.15) is 5.82 Å². The average Bonchev–Trinajstić information content (AvgIpc) is 3.09. The first-order valence-electron chi connectivity index (χ1n) is 10.8. The van der Waals surface area contributed by atoms with Crippen molar-refractivity contribution in [1.82, 2.24) is 24.8 Å². The molecule has 2 saturated heterocycles. The van der Waals surface area contributed by atoms with Gasteiger partial charge in [-0.05, 0) is 31.4 Å². The molecule has 2 aromatic heterocycles. The van der Waals surface area contributed by atoms with Crippen molar-refractivity contribution in [3.05, 3.63) is 42.9 Å². The first-order valence-corrected chi connectivity index (χ1v) is 10.8. The minimum atomic E-state index is 0.0264. The lowest BCUT2D eigenvalue weighted by Gasteiger charge is -2.35. The minimum absolute atomic E-state index is 0.0264. The fraction of sp³-hybridized carbons (Fsp3) is 0.455. The standard InChI is InChI=1S/C22H27N7O/c30-21(17-5-3-10-29(16-17)20-15-23-8-9-24-20)27-11-4-12-28(14-13-27)22-25-18-6-1-2-7-19(18)26-22/h1-2,6-9,15,17H,3-5,10-14,16H2,(H,25,26). The smallest absolute Gasteiger partial charge is 0.227 e. The number of nitrogens with zero attached hydrogens (tertiary/aromatic N) is 6. The predicted octanol–water partition coefficient (Wildman–Crippen LogP) is 2.31. The molecule has 30 heavy (non-hydrogen) atoms. The molecule has 2 aliphatic heterocycles. The fourth-order valence-corrected chi connectivity index (χ4v) is 4.54. The van der Waals surface area contributed by atoms with Crippen LogP contribution in [0, 0.1) is 5.92 Å². The van der Waals surface area contributed by atoms with Crippen molar-refractivity contribution in [1.29, 1.82) is 0 Å². The van der Waals surface area contributed by atoms with Crippen LogP contribution in [0.3, 0.4) is 0 Å². The highest BCUT2D eigenvalue weighted by Gasteiger charge is 2.31. The van der Waals surface area contributed by atoms with Gasteiger partial charge in [-0.2, -0.15) is 0 Å². The molecule has 1 unspecified atom stereocenters. The molecular formula is C22H27N7O. The van der Waals surface area contributed by atoms with Gasteiger partial charge in [0, 0.05) is 51.7 Å². The Morgan fingerprint density at radius 2 is 1.90 bits per heavy atom. The van der Waals surface area contributed by atoms with Crippen LogP contribution in [0.15, 0.2) is 42.9 Å². The van der Waals surface area contributed by atoms with Gasteiger partial charge in [-0.3, -0.25) is 9.78 Å². The molecule has 8 heteroatoms. The van der Waals surface area contributed by atoms with E-state index in [0.717, 1.165) is 81.3 Å². The fourth-order valence-electron chi connectivity index (χ4n) is 4.54. The Morgan fingerprint density at radius 1 is 1.00 bits per heavy atom.